The highest BCUT2D eigenvalue weighted by atomic mass is 32.1. The maximum atomic E-state index is 13.2. The highest BCUT2D eigenvalue weighted by molar-refractivity contribution is 7.09. The van der Waals surface area contributed by atoms with Crippen molar-refractivity contribution in [2.75, 3.05) is 13.6 Å². The minimum atomic E-state index is -0.306. The number of nitrogens with zero attached hydrogens (tertiary/aromatic N) is 2. The number of ether oxygens (including phenoxy) is 1. The first-order valence-electron chi connectivity index (χ1n) is 8.29. The Morgan fingerprint density at radius 3 is 2.76 bits per heavy atom. The topological polar surface area (TPSA) is 58.5 Å². The van der Waals surface area contributed by atoms with Crippen molar-refractivity contribution in [1.29, 1.82) is 0 Å². The van der Waals surface area contributed by atoms with Crippen LogP contribution in [0.2, 0.25) is 0 Å². The molecule has 7 heteroatoms. The molecule has 0 radical (unpaired) electrons. The van der Waals surface area contributed by atoms with E-state index in [-0.39, 0.29) is 11.9 Å². The Kier molecular flexibility index (Phi) is 7.18. The van der Waals surface area contributed by atoms with Crippen LogP contribution in [0.5, 0.6) is 5.75 Å². The van der Waals surface area contributed by atoms with Crippen molar-refractivity contribution in [3.05, 3.63) is 46.2 Å². The van der Waals surface area contributed by atoms with Crippen LogP contribution in [0.3, 0.4) is 0 Å². The van der Waals surface area contributed by atoms with Gasteiger partial charge in [0.15, 0.2) is 5.96 Å². The van der Waals surface area contributed by atoms with E-state index in [2.05, 4.69) is 39.8 Å². The average molecular weight is 364 g/mol. The summed E-state index contributed by atoms with van der Waals surface area (Å²) in [5.74, 6) is 1.32. The third kappa shape index (κ3) is 6.34. The van der Waals surface area contributed by atoms with Crippen LogP contribution in [0, 0.1) is 5.82 Å². The van der Waals surface area contributed by atoms with Crippen LogP contribution in [0.1, 0.15) is 37.4 Å². The Morgan fingerprint density at radius 1 is 1.32 bits per heavy atom. The van der Waals surface area contributed by atoms with Gasteiger partial charge in [0.2, 0.25) is 0 Å². The molecule has 0 aliphatic heterocycles. The number of rotatable bonds is 7. The van der Waals surface area contributed by atoms with Crippen LogP contribution in [0.4, 0.5) is 4.39 Å². The summed E-state index contributed by atoms with van der Waals surface area (Å²) in [4.78, 5) is 8.78. The molecular weight excluding hydrogens is 339 g/mol. The highest BCUT2D eigenvalue weighted by Gasteiger charge is 2.08. The Bertz CT molecular complexity index is 702. The second-order valence-electron chi connectivity index (χ2n) is 6.01. The fourth-order valence-corrected chi connectivity index (χ4v) is 3.00. The van der Waals surface area contributed by atoms with E-state index >= 15 is 0 Å². The first-order chi connectivity index (χ1) is 12.0. The van der Waals surface area contributed by atoms with E-state index in [0.717, 1.165) is 10.7 Å². The van der Waals surface area contributed by atoms with Gasteiger partial charge in [0.1, 0.15) is 22.7 Å². The average Bonchev–Trinajstić information content (AvgIpc) is 3.04. The molecule has 5 nitrogen and oxygen atoms in total. The molecule has 0 saturated carbocycles. The molecule has 0 bridgehead atoms. The molecule has 0 aliphatic carbocycles. The fourth-order valence-electron chi connectivity index (χ4n) is 2.11. The standard InChI is InChI=1S/C18H25FN4OS/c1-12(2)16-11-25-17(23-16)10-22-18(20-4)21-9-13(3)24-15-7-5-6-14(19)8-15/h5-8,11-13H,9-10H2,1-4H3,(H2,20,21,22). The summed E-state index contributed by atoms with van der Waals surface area (Å²) in [5, 5.41) is 9.55. The summed E-state index contributed by atoms with van der Waals surface area (Å²) < 4.78 is 18.9. The number of halogens is 1. The monoisotopic (exact) mass is 364 g/mol. The van der Waals surface area contributed by atoms with Crippen molar-refractivity contribution in [2.24, 2.45) is 4.99 Å². The van der Waals surface area contributed by atoms with E-state index in [1.54, 1.807) is 30.5 Å². The number of hydrogen-bond donors (Lipinski definition) is 2. The molecule has 2 N–H and O–H groups in total. The molecule has 1 unspecified atom stereocenters. The first kappa shape index (κ1) is 19.2. The van der Waals surface area contributed by atoms with Gasteiger partial charge >= 0.3 is 0 Å². The van der Waals surface area contributed by atoms with E-state index in [1.165, 1.54) is 12.1 Å². The summed E-state index contributed by atoms with van der Waals surface area (Å²) in [6.07, 6.45) is -0.132. The van der Waals surface area contributed by atoms with Gasteiger partial charge < -0.3 is 15.4 Å². The minimum Gasteiger partial charge on any atom is -0.489 e. The number of thiazole rings is 1. The van der Waals surface area contributed by atoms with Crippen LogP contribution in [0.15, 0.2) is 34.6 Å². The maximum Gasteiger partial charge on any atom is 0.191 e. The van der Waals surface area contributed by atoms with E-state index in [4.69, 9.17) is 4.74 Å². The van der Waals surface area contributed by atoms with E-state index < -0.39 is 0 Å². The fraction of sp³-hybridized carbons (Fsp3) is 0.444. The molecule has 0 saturated heterocycles. The number of aromatic nitrogens is 1. The lowest BCUT2D eigenvalue weighted by Gasteiger charge is -2.17. The zero-order valence-electron chi connectivity index (χ0n) is 15.0. The van der Waals surface area contributed by atoms with Gasteiger partial charge in [-0.1, -0.05) is 19.9 Å². The first-order valence-corrected chi connectivity index (χ1v) is 9.17. The summed E-state index contributed by atoms with van der Waals surface area (Å²) in [7, 11) is 1.72. The normalized spacial score (nSPS) is 13.0. The molecule has 136 valence electrons. The second kappa shape index (κ2) is 9.36. The van der Waals surface area contributed by atoms with Crippen molar-refractivity contribution >= 4 is 17.3 Å². The largest absolute Gasteiger partial charge is 0.489 e. The van der Waals surface area contributed by atoms with Crippen molar-refractivity contribution in [3.8, 4) is 5.75 Å². The van der Waals surface area contributed by atoms with Crippen LogP contribution in [-0.4, -0.2) is 30.6 Å². The van der Waals surface area contributed by atoms with E-state index in [9.17, 15) is 4.39 Å². The highest BCUT2D eigenvalue weighted by Crippen LogP contribution is 2.17. The molecule has 1 heterocycles. The maximum absolute atomic E-state index is 13.2. The lowest BCUT2D eigenvalue weighted by atomic mass is 10.2. The number of aliphatic imine (C=N–C) groups is 1. The molecule has 1 atom stereocenters. The third-order valence-electron chi connectivity index (χ3n) is 3.48. The molecule has 25 heavy (non-hydrogen) atoms. The number of hydrogen-bond acceptors (Lipinski definition) is 4. The zero-order valence-corrected chi connectivity index (χ0v) is 15.9. The smallest absolute Gasteiger partial charge is 0.191 e. The van der Waals surface area contributed by atoms with Gasteiger partial charge in [-0.2, -0.15) is 0 Å². The van der Waals surface area contributed by atoms with Crippen molar-refractivity contribution in [2.45, 2.75) is 39.3 Å². The number of nitrogens with one attached hydrogen (secondary N) is 2. The van der Waals surface area contributed by atoms with E-state index in [0.29, 0.717) is 30.7 Å². The summed E-state index contributed by atoms with van der Waals surface area (Å²) in [6, 6.07) is 6.13. The minimum absolute atomic E-state index is 0.132. The quantitative estimate of drug-likeness (QED) is 0.583. The van der Waals surface area contributed by atoms with Crippen LogP contribution < -0.4 is 15.4 Å². The zero-order chi connectivity index (χ0) is 18.2. The Balaban J connectivity index is 1.77. The predicted molar refractivity (Wildman–Crippen MR) is 101 cm³/mol. The third-order valence-corrected chi connectivity index (χ3v) is 4.35. The molecule has 0 aliphatic rings. The van der Waals surface area contributed by atoms with E-state index in [1.807, 2.05) is 6.92 Å². The lowest BCUT2D eigenvalue weighted by Crippen LogP contribution is -2.41. The SMILES string of the molecule is CN=C(NCc1nc(C(C)C)cs1)NCC(C)Oc1cccc(F)c1. The van der Waals surface area contributed by atoms with Crippen molar-refractivity contribution in [1.82, 2.24) is 15.6 Å². The summed E-state index contributed by atoms with van der Waals surface area (Å²) in [5.41, 5.74) is 1.11. The van der Waals surface area contributed by atoms with Gasteiger partial charge in [0.05, 0.1) is 18.8 Å². The van der Waals surface area contributed by atoms with Gasteiger partial charge in [0.25, 0.3) is 0 Å². The summed E-state index contributed by atoms with van der Waals surface area (Å²) >= 11 is 1.64. The molecule has 1 aromatic carbocycles. The molecule has 1 aromatic heterocycles. The number of benzene rings is 1. The molecular formula is C18H25FN4OS. The summed E-state index contributed by atoms with van der Waals surface area (Å²) in [6.45, 7) is 7.35. The Morgan fingerprint density at radius 2 is 2.12 bits per heavy atom. The second-order valence-corrected chi connectivity index (χ2v) is 6.96. The van der Waals surface area contributed by atoms with Crippen LogP contribution in [-0.2, 0) is 6.54 Å². The predicted octanol–water partition coefficient (Wildman–Crippen LogP) is 3.54. The van der Waals surface area contributed by atoms with Gasteiger partial charge in [-0.25, -0.2) is 9.37 Å². The van der Waals surface area contributed by atoms with Gasteiger partial charge in [-0.05, 0) is 25.0 Å². The molecule has 0 amide bonds. The molecule has 0 fully saturated rings. The Labute approximate surface area is 152 Å². The number of guanidine groups is 1. The lowest BCUT2D eigenvalue weighted by molar-refractivity contribution is 0.223. The van der Waals surface area contributed by atoms with Gasteiger partial charge in [0, 0.05) is 18.5 Å². The Hall–Kier alpha value is -2.15. The van der Waals surface area contributed by atoms with Gasteiger partial charge in [-0.15, -0.1) is 11.3 Å². The molecule has 0 spiro atoms. The molecule has 2 aromatic rings. The van der Waals surface area contributed by atoms with Crippen molar-refractivity contribution in [3.63, 3.8) is 0 Å². The van der Waals surface area contributed by atoms with Crippen molar-refractivity contribution < 1.29 is 9.13 Å². The molecule has 2 rings (SSSR count). The van der Waals surface area contributed by atoms with Crippen LogP contribution >= 0.6 is 11.3 Å². The van der Waals surface area contributed by atoms with Crippen LogP contribution in [0.25, 0.3) is 0 Å². The van der Waals surface area contributed by atoms with Gasteiger partial charge in [-0.3, -0.25) is 4.99 Å².